The Bertz CT molecular complexity index is 605. The van der Waals surface area contributed by atoms with Gasteiger partial charge in [0.05, 0.1) is 5.52 Å². The number of carbonyl (C=O) groups is 1. The van der Waals surface area contributed by atoms with Gasteiger partial charge in [-0.25, -0.2) is 4.39 Å². The zero-order valence-electron chi connectivity index (χ0n) is 10.2. The molecule has 94 valence electrons. The molecule has 0 bridgehead atoms. The van der Waals surface area contributed by atoms with Crippen LogP contribution >= 0.6 is 0 Å². The molecule has 0 aliphatic carbocycles. The van der Waals surface area contributed by atoms with Crippen molar-refractivity contribution in [2.75, 3.05) is 0 Å². The van der Waals surface area contributed by atoms with E-state index < -0.39 is 0 Å². The summed E-state index contributed by atoms with van der Waals surface area (Å²) in [6.07, 6.45) is 2.86. The van der Waals surface area contributed by atoms with Crippen molar-refractivity contribution in [3.05, 3.63) is 35.8 Å². The van der Waals surface area contributed by atoms with E-state index in [1.807, 2.05) is 13.0 Å². The van der Waals surface area contributed by atoms with E-state index >= 15 is 0 Å². The van der Waals surface area contributed by atoms with Gasteiger partial charge in [0.15, 0.2) is 0 Å². The lowest BCUT2D eigenvalue weighted by molar-refractivity contribution is -0.121. The van der Waals surface area contributed by atoms with Crippen LogP contribution in [0, 0.1) is 5.82 Å². The van der Waals surface area contributed by atoms with Crippen LogP contribution in [0.25, 0.3) is 10.9 Å². The number of carbonyl (C=O) groups excluding carboxylic acids is 1. The quantitative estimate of drug-likeness (QED) is 0.812. The van der Waals surface area contributed by atoms with Gasteiger partial charge in [0, 0.05) is 36.5 Å². The van der Waals surface area contributed by atoms with E-state index in [1.165, 1.54) is 6.07 Å². The topological polar surface area (TPSA) is 44.9 Å². The number of piperidine rings is 1. The first-order valence-electron chi connectivity index (χ1n) is 6.18. The first-order valence-corrected chi connectivity index (χ1v) is 6.18. The molecule has 2 N–H and O–H groups in total. The molecule has 3 rings (SSSR count). The van der Waals surface area contributed by atoms with Gasteiger partial charge in [-0.05, 0) is 18.6 Å². The monoisotopic (exact) mass is 246 g/mol. The molecule has 1 fully saturated rings. The molecule has 1 aliphatic rings. The Morgan fingerprint density at radius 1 is 1.33 bits per heavy atom. The molecule has 18 heavy (non-hydrogen) atoms. The fourth-order valence-corrected chi connectivity index (χ4v) is 2.74. The summed E-state index contributed by atoms with van der Waals surface area (Å²) in [5, 5.41) is 4.25. The number of aromatic amines is 1. The summed E-state index contributed by atoms with van der Waals surface area (Å²) in [6, 6.07) is 5.18. The van der Waals surface area contributed by atoms with E-state index in [0.717, 1.165) is 10.9 Å². The standard InChI is InChI=1S/C14H15FN2O/c1-8-5-9(18)6-13(17-8)11-7-16-14-10(11)3-2-4-12(14)15/h2-4,7-8,13,16-17H,5-6H2,1H3. The lowest BCUT2D eigenvalue weighted by Gasteiger charge is -2.27. The second-order valence-electron chi connectivity index (χ2n) is 4.97. The Hall–Kier alpha value is -1.68. The van der Waals surface area contributed by atoms with E-state index in [-0.39, 0.29) is 23.7 Å². The zero-order valence-corrected chi connectivity index (χ0v) is 10.2. The molecule has 1 aromatic heterocycles. The molecule has 0 radical (unpaired) electrons. The number of H-pyrrole nitrogens is 1. The lowest BCUT2D eigenvalue weighted by atomic mass is 9.93. The molecule has 3 nitrogen and oxygen atoms in total. The summed E-state index contributed by atoms with van der Waals surface area (Å²) >= 11 is 0. The van der Waals surface area contributed by atoms with E-state index in [1.54, 1.807) is 12.3 Å². The largest absolute Gasteiger partial charge is 0.358 e. The van der Waals surface area contributed by atoms with Gasteiger partial charge < -0.3 is 10.3 Å². The van der Waals surface area contributed by atoms with Gasteiger partial charge in [-0.1, -0.05) is 12.1 Å². The van der Waals surface area contributed by atoms with Crippen molar-refractivity contribution in [2.45, 2.75) is 31.8 Å². The van der Waals surface area contributed by atoms with Gasteiger partial charge in [0.2, 0.25) is 0 Å². The van der Waals surface area contributed by atoms with Crippen LogP contribution in [0.5, 0.6) is 0 Å². The van der Waals surface area contributed by atoms with Crippen LogP contribution in [0.3, 0.4) is 0 Å². The maximum atomic E-state index is 13.6. The highest BCUT2D eigenvalue weighted by molar-refractivity contribution is 5.86. The predicted molar refractivity (Wildman–Crippen MR) is 67.8 cm³/mol. The molecule has 0 saturated carbocycles. The number of hydrogen-bond acceptors (Lipinski definition) is 2. The summed E-state index contributed by atoms with van der Waals surface area (Å²) in [6.45, 7) is 2.00. The van der Waals surface area contributed by atoms with E-state index in [0.29, 0.717) is 18.4 Å². The minimum atomic E-state index is -0.256. The van der Waals surface area contributed by atoms with Crippen molar-refractivity contribution in [2.24, 2.45) is 0 Å². The SMILES string of the molecule is CC1CC(=O)CC(c2c[nH]c3c(F)cccc23)N1. The van der Waals surface area contributed by atoms with Crippen molar-refractivity contribution in [3.8, 4) is 0 Å². The normalized spacial score (nSPS) is 24.7. The third kappa shape index (κ3) is 1.82. The second-order valence-corrected chi connectivity index (χ2v) is 4.97. The minimum absolute atomic E-state index is 0.0169. The molecular formula is C14H15FN2O. The maximum absolute atomic E-state index is 13.6. The van der Waals surface area contributed by atoms with Gasteiger partial charge in [-0.15, -0.1) is 0 Å². The van der Waals surface area contributed by atoms with Crippen molar-refractivity contribution >= 4 is 16.7 Å². The number of ketones is 1. The first-order chi connectivity index (χ1) is 8.65. The van der Waals surface area contributed by atoms with Gasteiger partial charge in [0.25, 0.3) is 0 Å². The van der Waals surface area contributed by atoms with Gasteiger partial charge in [-0.2, -0.15) is 0 Å². The summed E-state index contributed by atoms with van der Waals surface area (Å²) in [7, 11) is 0. The Kier molecular flexibility index (Phi) is 2.67. The molecule has 1 aromatic carbocycles. The fourth-order valence-electron chi connectivity index (χ4n) is 2.74. The molecule has 2 atom stereocenters. The number of hydrogen-bond donors (Lipinski definition) is 2. The maximum Gasteiger partial charge on any atom is 0.147 e. The smallest absolute Gasteiger partial charge is 0.147 e. The van der Waals surface area contributed by atoms with Crippen LogP contribution in [0.1, 0.15) is 31.4 Å². The Morgan fingerprint density at radius 2 is 2.17 bits per heavy atom. The lowest BCUT2D eigenvalue weighted by Crippen LogP contribution is -2.38. The molecule has 1 saturated heterocycles. The average Bonchev–Trinajstić information content (AvgIpc) is 2.73. The highest BCUT2D eigenvalue weighted by Crippen LogP contribution is 2.30. The Balaban J connectivity index is 2.04. The molecule has 2 aromatic rings. The van der Waals surface area contributed by atoms with Crippen LogP contribution in [-0.4, -0.2) is 16.8 Å². The molecule has 2 unspecified atom stereocenters. The first kappa shape index (κ1) is 11.4. The number of halogens is 1. The Morgan fingerprint density at radius 3 is 2.94 bits per heavy atom. The molecule has 1 aliphatic heterocycles. The third-order valence-corrected chi connectivity index (χ3v) is 3.52. The minimum Gasteiger partial charge on any atom is -0.358 e. The summed E-state index contributed by atoms with van der Waals surface area (Å²) in [5.41, 5.74) is 1.49. The second kappa shape index (κ2) is 4.21. The number of aromatic nitrogens is 1. The van der Waals surface area contributed by atoms with E-state index in [9.17, 15) is 9.18 Å². The van der Waals surface area contributed by atoms with Crippen molar-refractivity contribution in [3.63, 3.8) is 0 Å². The number of rotatable bonds is 1. The highest BCUT2D eigenvalue weighted by Gasteiger charge is 2.26. The summed E-state index contributed by atoms with van der Waals surface area (Å²) < 4.78 is 13.6. The molecule has 2 heterocycles. The number of para-hydroxylation sites is 1. The van der Waals surface area contributed by atoms with Gasteiger partial charge >= 0.3 is 0 Å². The Labute approximate surface area is 104 Å². The summed E-state index contributed by atoms with van der Waals surface area (Å²) in [5.74, 6) is 0.00550. The number of nitrogens with one attached hydrogen (secondary N) is 2. The van der Waals surface area contributed by atoms with Gasteiger partial charge in [-0.3, -0.25) is 4.79 Å². The number of fused-ring (bicyclic) bond motifs is 1. The van der Waals surface area contributed by atoms with Crippen LogP contribution in [0.2, 0.25) is 0 Å². The molecule has 4 heteroatoms. The van der Waals surface area contributed by atoms with Crippen LogP contribution in [0.15, 0.2) is 24.4 Å². The number of benzene rings is 1. The molecule has 0 amide bonds. The molecule has 0 spiro atoms. The predicted octanol–water partition coefficient (Wildman–Crippen LogP) is 2.69. The van der Waals surface area contributed by atoms with Crippen LogP contribution < -0.4 is 5.32 Å². The van der Waals surface area contributed by atoms with Crippen molar-refractivity contribution in [1.82, 2.24) is 10.3 Å². The van der Waals surface area contributed by atoms with E-state index in [2.05, 4.69) is 10.3 Å². The van der Waals surface area contributed by atoms with Crippen LogP contribution in [-0.2, 0) is 4.79 Å². The van der Waals surface area contributed by atoms with Gasteiger partial charge in [0.1, 0.15) is 11.6 Å². The van der Waals surface area contributed by atoms with Crippen molar-refractivity contribution in [1.29, 1.82) is 0 Å². The zero-order chi connectivity index (χ0) is 12.7. The summed E-state index contributed by atoms with van der Waals surface area (Å²) in [4.78, 5) is 14.6. The van der Waals surface area contributed by atoms with Crippen molar-refractivity contribution < 1.29 is 9.18 Å². The fraction of sp³-hybridized carbons (Fsp3) is 0.357. The number of Topliss-reactive ketones (excluding diaryl/α,β-unsaturated/α-hetero) is 1. The van der Waals surface area contributed by atoms with Crippen LogP contribution in [0.4, 0.5) is 4.39 Å². The highest BCUT2D eigenvalue weighted by atomic mass is 19.1. The molecular weight excluding hydrogens is 231 g/mol. The third-order valence-electron chi connectivity index (χ3n) is 3.52. The van der Waals surface area contributed by atoms with E-state index in [4.69, 9.17) is 0 Å². The average molecular weight is 246 g/mol.